The first-order valence-corrected chi connectivity index (χ1v) is 13.6. The maximum atomic E-state index is 14.0. The van der Waals surface area contributed by atoms with E-state index in [4.69, 9.17) is 25.8 Å². The predicted octanol–water partition coefficient (Wildman–Crippen LogP) is 4.96. The molecule has 5 aromatic rings. The van der Waals surface area contributed by atoms with E-state index in [1.54, 1.807) is 18.2 Å². The van der Waals surface area contributed by atoms with Gasteiger partial charge in [0.05, 0.1) is 18.5 Å². The number of H-pyrrole nitrogens is 1. The number of aromatic nitrogens is 6. The van der Waals surface area contributed by atoms with E-state index in [0.717, 1.165) is 17.7 Å². The molecule has 0 unspecified atom stereocenters. The molecule has 2 aromatic heterocycles. The number of aliphatic hydroxyl groups excluding tert-OH is 1. The van der Waals surface area contributed by atoms with Gasteiger partial charge in [-0.2, -0.15) is 0 Å². The molecule has 2 aliphatic heterocycles. The van der Waals surface area contributed by atoms with Gasteiger partial charge in [0.1, 0.15) is 41.8 Å². The maximum absolute atomic E-state index is 14.0. The number of nitrogens with one attached hydrogen (secondary N) is 1. The number of fused-ring (bicyclic) bond motifs is 1. The van der Waals surface area contributed by atoms with Gasteiger partial charge in [-0.15, -0.1) is 10.2 Å². The Bertz CT molecular complexity index is 1750. The molecular weight excluding hydrogens is 589 g/mol. The van der Waals surface area contributed by atoms with Gasteiger partial charge in [-0.1, -0.05) is 64.5 Å². The topological polar surface area (TPSA) is 120 Å². The number of aromatic amines is 1. The maximum Gasteiger partial charge on any atom is 0.194 e. The summed E-state index contributed by atoms with van der Waals surface area (Å²) in [6, 6.07) is 17.0. The van der Waals surface area contributed by atoms with E-state index in [1.807, 2.05) is 36.4 Å². The molecule has 43 heavy (non-hydrogen) atoms. The molecule has 2 N–H and O–H groups in total. The van der Waals surface area contributed by atoms with Crippen LogP contribution in [-0.4, -0.2) is 60.4 Å². The highest BCUT2D eigenvalue weighted by molar-refractivity contribution is 6.30. The first-order chi connectivity index (χ1) is 20.9. The minimum Gasteiger partial charge on any atom is -0.388 e. The minimum absolute atomic E-state index is 0.0351. The van der Waals surface area contributed by atoms with Gasteiger partial charge in [0, 0.05) is 21.7 Å². The number of ether oxygens (including phenoxy) is 3. The smallest absolute Gasteiger partial charge is 0.194 e. The summed E-state index contributed by atoms with van der Waals surface area (Å²) in [5.41, 5.74) is 2.24. The van der Waals surface area contributed by atoms with Crippen LogP contribution in [0.1, 0.15) is 29.7 Å². The zero-order chi connectivity index (χ0) is 29.7. The molecule has 14 heteroatoms. The lowest BCUT2D eigenvalue weighted by Crippen LogP contribution is -2.56. The van der Waals surface area contributed by atoms with Crippen molar-refractivity contribution in [1.29, 1.82) is 0 Å². The van der Waals surface area contributed by atoms with Gasteiger partial charge in [-0.25, -0.2) is 17.9 Å². The van der Waals surface area contributed by atoms with Crippen LogP contribution < -0.4 is 0 Å². The summed E-state index contributed by atoms with van der Waals surface area (Å²) in [6.07, 6.45) is -3.23. The second-order valence-electron chi connectivity index (χ2n) is 10.2. The van der Waals surface area contributed by atoms with Gasteiger partial charge in [-0.3, -0.25) is 5.10 Å². The van der Waals surface area contributed by atoms with Crippen LogP contribution in [0.5, 0.6) is 0 Å². The summed E-state index contributed by atoms with van der Waals surface area (Å²) in [7, 11) is 0. The van der Waals surface area contributed by atoms with Crippen molar-refractivity contribution in [3.63, 3.8) is 0 Å². The molecule has 4 heterocycles. The van der Waals surface area contributed by atoms with Crippen LogP contribution in [-0.2, 0) is 14.2 Å². The van der Waals surface area contributed by atoms with E-state index in [2.05, 4.69) is 25.7 Å². The van der Waals surface area contributed by atoms with Gasteiger partial charge < -0.3 is 19.3 Å². The number of aliphatic hydroxyl groups is 1. The molecule has 0 radical (unpaired) electrons. The third-order valence-corrected chi connectivity index (χ3v) is 7.74. The largest absolute Gasteiger partial charge is 0.388 e. The Morgan fingerprint density at radius 2 is 1.72 bits per heavy atom. The van der Waals surface area contributed by atoms with Crippen molar-refractivity contribution in [2.24, 2.45) is 0 Å². The second-order valence-corrected chi connectivity index (χ2v) is 10.6. The van der Waals surface area contributed by atoms with Crippen molar-refractivity contribution in [2.75, 3.05) is 6.61 Å². The number of halogens is 4. The fourth-order valence-electron chi connectivity index (χ4n) is 5.47. The van der Waals surface area contributed by atoms with E-state index in [-0.39, 0.29) is 17.9 Å². The average molecular weight is 611 g/mol. The van der Waals surface area contributed by atoms with Crippen molar-refractivity contribution < 1.29 is 32.5 Å². The zero-order valence-corrected chi connectivity index (χ0v) is 22.8. The normalized spacial score (nSPS) is 25.4. The highest BCUT2D eigenvalue weighted by Crippen LogP contribution is 2.45. The lowest BCUT2D eigenvalue weighted by atomic mass is 9.89. The summed E-state index contributed by atoms with van der Waals surface area (Å²) >= 11 is 6.21. The van der Waals surface area contributed by atoms with Crippen LogP contribution in [0.2, 0.25) is 5.02 Å². The number of rotatable bonds is 5. The number of hydrogen-bond donors (Lipinski definition) is 2. The van der Waals surface area contributed by atoms with E-state index in [9.17, 15) is 18.3 Å². The molecule has 10 nitrogen and oxygen atoms in total. The number of nitrogens with zero attached hydrogens (tertiary/aromatic N) is 5. The number of benzene rings is 3. The van der Waals surface area contributed by atoms with Crippen molar-refractivity contribution in [1.82, 2.24) is 30.4 Å². The molecule has 2 fully saturated rings. The summed E-state index contributed by atoms with van der Waals surface area (Å²) in [4.78, 5) is 0. The Kier molecular flexibility index (Phi) is 7.19. The molecule has 7 rings (SSSR count). The molecule has 2 saturated heterocycles. The fraction of sp³-hybridized carbons (Fsp3) is 0.241. The van der Waals surface area contributed by atoms with Crippen molar-refractivity contribution >= 4 is 11.6 Å². The van der Waals surface area contributed by atoms with Crippen LogP contribution in [0, 0.1) is 17.5 Å². The van der Waals surface area contributed by atoms with E-state index < -0.39 is 54.2 Å². The molecule has 0 aliphatic carbocycles. The van der Waals surface area contributed by atoms with Crippen LogP contribution in [0.4, 0.5) is 13.2 Å². The van der Waals surface area contributed by atoms with E-state index in [1.165, 1.54) is 10.9 Å². The van der Waals surface area contributed by atoms with Crippen molar-refractivity contribution in [3.8, 4) is 22.5 Å². The van der Waals surface area contributed by atoms with Crippen LogP contribution in [0.3, 0.4) is 0 Å². The summed E-state index contributed by atoms with van der Waals surface area (Å²) in [5.74, 6) is -4.32. The first-order valence-electron chi connectivity index (χ1n) is 13.3. The summed E-state index contributed by atoms with van der Waals surface area (Å²) in [6.45, 7) is 0.101. The molecule has 220 valence electrons. The fourth-order valence-corrected chi connectivity index (χ4v) is 5.66. The Balaban J connectivity index is 1.28. The van der Waals surface area contributed by atoms with E-state index in [0.29, 0.717) is 22.0 Å². The molecule has 3 aromatic carbocycles. The quantitative estimate of drug-likeness (QED) is 0.268. The number of hydrogen-bond acceptors (Lipinski definition) is 8. The van der Waals surface area contributed by atoms with Crippen LogP contribution >= 0.6 is 11.6 Å². The third-order valence-electron chi connectivity index (χ3n) is 7.50. The lowest BCUT2D eigenvalue weighted by Gasteiger charge is -2.47. The van der Waals surface area contributed by atoms with Crippen LogP contribution in [0.15, 0.2) is 72.9 Å². The minimum atomic E-state index is -1.59. The van der Waals surface area contributed by atoms with Gasteiger partial charge in [0.15, 0.2) is 23.7 Å². The molecule has 0 amide bonds. The summed E-state index contributed by atoms with van der Waals surface area (Å²) < 4.78 is 61.7. The zero-order valence-electron chi connectivity index (χ0n) is 22.0. The Morgan fingerprint density at radius 3 is 2.49 bits per heavy atom. The van der Waals surface area contributed by atoms with Gasteiger partial charge in [-0.05, 0) is 24.3 Å². The highest BCUT2D eigenvalue weighted by atomic mass is 35.5. The van der Waals surface area contributed by atoms with Gasteiger partial charge in [0.2, 0.25) is 0 Å². The molecule has 2 aliphatic rings. The molecule has 0 bridgehead atoms. The van der Waals surface area contributed by atoms with Gasteiger partial charge >= 0.3 is 0 Å². The first kappa shape index (κ1) is 27.7. The second kappa shape index (κ2) is 11.2. The Hall–Kier alpha value is -4.14. The Morgan fingerprint density at radius 1 is 0.930 bits per heavy atom. The SMILES string of the molecule is O[C@@H]1[C@@H](n2cc(-c3cc(F)c(F)c(F)c3)nn2)[C@H]2O[C@@H](c3ccccc3)OC[C@H]2O[C@H]1c1nn[nH]c1-c1cccc(Cl)c1. The van der Waals surface area contributed by atoms with Crippen molar-refractivity contribution in [2.45, 2.75) is 36.7 Å². The van der Waals surface area contributed by atoms with Crippen LogP contribution in [0.25, 0.3) is 22.5 Å². The Labute approximate surface area is 247 Å². The third kappa shape index (κ3) is 5.08. The average Bonchev–Trinajstić information content (AvgIpc) is 3.70. The van der Waals surface area contributed by atoms with Gasteiger partial charge in [0.25, 0.3) is 0 Å². The standard InChI is InChI=1S/C29H22ClF3N6O4/c30-17-8-4-7-15(9-17)23-24(36-37-35-23)28-26(40)25(27-21(42-28)13-41-29(43-27)14-5-2-1-3-6-14)39-12-20(34-38-39)16-10-18(31)22(33)19(32)11-16/h1-12,21,25-29,40H,13H2,(H,35,36,37)/t21-,25-,26-,27+,28+,29+/m1/s1. The van der Waals surface area contributed by atoms with E-state index >= 15 is 0 Å². The summed E-state index contributed by atoms with van der Waals surface area (Å²) in [5, 5.41) is 31.6. The molecule has 0 spiro atoms. The highest BCUT2D eigenvalue weighted by Gasteiger charge is 2.52. The monoisotopic (exact) mass is 610 g/mol. The predicted molar refractivity (Wildman–Crippen MR) is 145 cm³/mol. The molecule has 0 saturated carbocycles. The lowest BCUT2D eigenvalue weighted by molar-refractivity contribution is -0.318. The molecule has 6 atom stereocenters. The molecular formula is C29H22ClF3N6O4. The van der Waals surface area contributed by atoms with Crippen molar-refractivity contribution in [3.05, 3.63) is 107 Å².